The van der Waals surface area contributed by atoms with E-state index in [0.29, 0.717) is 37.4 Å². The number of nitrogens with one attached hydrogen (secondary N) is 1. The Morgan fingerprint density at radius 1 is 1.30 bits per heavy atom. The minimum absolute atomic E-state index is 0.184. The highest BCUT2D eigenvalue weighted by atomic mass is 32.1. The molecule has 3 aromatic rings. The fourth-order valence-corrected chi connectivity index (χ4v) is 5.03. The highest BCUT2D eigenvalue weighted by Gasteiger charge is 2.31. The number of benzene rings is 1. The minimum atomic E-state index is -0.845. The average Bonchev–Trinajstić information content (AvgIpc) is 3.41. The van der Waals surface area contributed by atoms with Crippen LogP contribution in [0.1, 0.15) is 27.5 Å². The number of thiazole rings is 1. The number of nitrogens with zero attached hydrogens (tertiary/aromatic N) is 3. The number of aliphatic carboxylic acids is 1. The number of likely N-dealkylation sites (tertiary alicyclic amines) is 1. The molecule has 2 N–H and O–H groups in total. The summed E-state index contributed by atoms with van der Waals surface area (Å²) in [6, 6.07) is 5.93. The molecule has 1 atom stereocenters. The lowest BCUT2D eigenvalue weighted by atomic mass is 9.98. The molecule has 5 rings (SSSR count). The molecule has 2 aromatic heterocycles. The lowest BCUT2D eigenvalue weighted by Gasteiger charge is -2.30. The van der Waals surface area contributed by atoms with Gasteiger partial charge in [-0.2, -0.15) is 5.10 Å². The van der Waals surface area contributed by atoms with Gasteiger partial charge in [-0.3, -0.25) is 14.7 Å². The van der Waals surface area contributed by atoms with Crippen LogP contribution in [-0.4, -0.2) is 56.8 Å². The van der Waals surface area contributed by atoms with Crippen LogP contribution in [0, 0.1) is 5.92 Å². The van der Waals surface area contributed by atoms with E-state index in [1.807, 2.05) is 24.4 Å². The van der Waals surface area contributed by atoms with Gasteiger partial charge in [-0.25, -0.2) is 4.98 Å². The van der Waals surface area contributed by atoms with Crippen LogP contribution in [0.4, 0.5) is 0 Å². The molecule has 9 heteroatoms. The van der Waals surface area contributed by atoms with Crippen molar-refractivity contribution in [3.63, 3.8) is 0 Å². The number of carbonyl (C=O) groups is 2. The molecular formula is C21H20N4O4S. The van der Waals surface area contributed by atoms with Crippen LogP contribution in [0.2, 0.25) is 0 Å². The first-order valence-corrected chi connectivity index (χ1v) is 10.7. The van der Waals surface area contributed by atoms with Crippen molar-refractivity contribution in [1.29, 1.82) is 0 Å². The van der Waals surface area contributed by atoms with Gasteiger partial charge in [0.05, 0.1) is 24.4 Å². The first-order valence-electron chi connectivity index (χ1n) is 9.88. The minimum Gasteiger partial charge on any atom is -0.492 e. The Hall–Kier alpha value is -3.20. The third kappa shape index (κ3) is 3.35. The van der Waals surface area contributed by atoms with Gasteiger partial charge in [-0.1, -0.05) is 6.07 Å². The number of hydrogen-bond acceptors (Lipinski definition) is 6. The molecule has 1 unspecified atom stereocenters. The molecule has 0 spiro atoms. The lowest BCUT2D eigenvalue weighted by molar-refractivity contribution is -0.143. The topological polar surface area (TPSA) is 108 Å². The molecule has 4 heterocycles. The maximum Gasteiger partial charge on any atom is 0.308 e. The molecule has 154 valence electrons. The van der Waals surface area contributed by atoms with Gasteiger partial charge in [-0.05, 0) is 30.5 Å². The quantitative estimate of drug-likeness (QED) is 0.669. The molecule has 1 aromatic carbocycles. The monoisotopic (exact) mass is 424 g/mol. The number of ether oxygens (including phenoxy) is 1. The van der Waals surface area contributed by atoms with E-state index in [1.165, 1.54) is 11.3 Å². The Kier molecular flexibility index (Phi) is 4.74. The summed E-state index contributed by atoms with van der Waals surface area (Å²) in [7, 11) is 0. The maximum atomic E-state index is 13.0. The Bertz CT molecular complexity index is 1110. The summed E-state index contributed by atoms with van der Waals surface area (Å²) >= 11 is 1.38. The van der Waals surface area contributed by atoms with Gasteiger partial charge in [0.25, 0.3) is 5.91 Å². The zero-order chi connectivity index (χ0) is 20.7. The van der Waals surface area contributed by atoms with E-state index in [0.717, 1.165) is 33.0 Å². The highest BCUT2D eigenvalue weighted by molar-refractivity contribution is 7.14. The second kappa shape index (κ2) is 7.56. The van der Waals surface area contributed by atoms with Gasteiger partial charge >= 0.3 is 5.97 Å². The summed E-state index contributed by atoms with van der Waals surface area (Å²) in [5.41, 5.74) is 3.61. The van der Waals surface area contributed by atoms with Gasteiger partial charge in [0, 0.05) is 41.7 Å². The molecule has 0 radical (unpaired) electrons. The molecule has 0 aliphatic carbocycles. The number of amides is 1. The van der Waals surface area contributed by atoms with Crippen molar-refractivity contribution >= 4 is 23.2 Å². The molecule has 30 heavy (non-hydrogen) atoms. The number of aromatic nitrogens is 3. The molecule has 2 aliphatic heterocycles. The fraction of sp³-hybridized carbons (Fsp3) is 0.333. The fourth-order valence-electron chi connectivity index (χ4n) is 4.00. The zero-order valence-corrected chi connectivity index (χ0v) is 16.9. The van der Waals surface area contributed by atoms with Crippen molar-refractivity contribution < 1.29 is 19.4 Å². The summed E-state index contributed by atoms with van der Waals surface area (Å²) in [5.74, 6) is -0.796. The predicted octanol–water partition coefficient (Wildman–Crippen LogP) is 3.07. The smallest absolute Gasteiger partial charge is 0.308 e. The van der Waals surface area contributed by atoms with Crippen molar-refractivity contribution in [2.24, 2.45) is 5.92 Å². The molecular weight excluding hydrogens is 404 g/mol. The maximum absolute atomic E-state index is 13.0. The third-order valence-corrected chi connectivity index (χ3v) is 6.70. The van der Waals surface area contributed by atoms with Gasteiger partial charge in [-0.15, -0.1) is 11.3 Å². The normalized spacial score (nSPS) is 18.1. The Balaban J connectivity index is 1.46. The summed E-state index contributed by atoms with van der Waals surface area (Å²) in [4.78, 5) is 31.7. The van der Waals surface area contributed by atoms with E-state index in [2.05, 4.69) is 15.2 Å². The molecule has 1 saturated heterocycles. The van der Waals surface area contributed by atoms with Crippen LogP contribution in [-0.2, 0) is 11.2 Å². The Morgan fingerprint density at radius 3 is 3.00 bits per heavy atom. The van der Waals surface area contributed by atoms with E-state index in [4.69, 9.17) is 4.74 Å². The number of carboxylic acid groups (broad SMARTS) is 1. The Labute approximate surface area is 176 Å². The summed E-state index contributed by atoms with van der Waals surface area (Å²) < 4.78 is 5.96. The van der Waals surface area contributed by atoms with E-state index < -0.39 is 11.9 Å². The van der Waals surface area contributed by atoms with Crippen molar-refractivity contribution in [2.45, 2.75) is 19.3 Å². The predicted molar refractivity (Wildman–Crippen MR) is 111 cm³/mol. The summed E-state index contributed by atoms with van der Waals surface area (Å²) in [5, 5.41) is 16.5. The van der Waals surface area contributed by atoms with E-state index >= 15 is 0 Å². The van der Waals surface area contributed by atoms with E-state index in [-0.39, 0.29) is 12.5 Å². The number of carboxylic acids is 1. The van der Waals surface area contributed by atoms with Crippen LogP contribution in [0.15, 0.2) is 30.6 Å². The van der Waals surface area contributed by atoms with Crippen molar-refractivity contribution in [2.75, 3.05) is 19.7 Å². The van der Waals surface area contributed by atoms with Crippen LogP contribution in [0.25, 0.3) is 22.4 Å². The first kappa shape index (κ1) is 18.8. The number of H-pyrrole nitrogens is 1. The van der Waals surface area contributed by atoms with Gasteiger partial charge < -0.3 is 14.7 Å². The summed E-state index contributed by atoms with van der Waals surface area (Å²) in [6.07, 6.45) is 5.56. The van der Waals surface area contributed by atoms with Crippen LogP contribution < -0.4 is 4.74 Å². The molecule has 8 nitrogen and oxygen atoms in total. The van der Waals surface area contributed by atoms with E-state index in [9.17, 15) is 14.7 Å². The number of piperidine rings is 1. The van der Waals surface area contributed by atoms with Crippen molar-refractivity contribution in [1.82, 2.24) is 20.1 Å². The van der Waals surface area contributed by atoms with Crippen molar-refractivity contribution in [3.8, 4) is 28.1 Å². The number of fused-ring (bicyclic) bond motifs is 3. The Morgan fingerprint density at radius 2 is 2.20 bits per heavy atom. The average molecular weight is 424 g/mol. The van der Waals surface area contributed by atoms with Crippen LogP contribution >= 0.6 is 11.3 Å². The molecule has 0 bridgehead atoms. The number of rotatable bonds is 3. The number of aromatic amines is 1. The molecule has 1 amide bonds. The zero-order valence-electron chi connectivity index (χ0n) is 16.1. The number of carbonyl (C=O) groups excluding carboxylic acids is 1. The third-order valence-electron chi connectivity index (χ3n) is 5.59. The van der Waals surface area contributed by atoms with Crippen molar-refractivity contribution in [3.05, 3.63) is 40.5 Å². The number of hydrogen-bond donors (Lipinski definition) is 2. The first-order chi connectivity index (χ1) is 14.6. The lowest BCUT2D eigenvalue weighted by Crippen LogP contribution is -2.42. The second-order valence-electron chi connectivity index (χ2n) is 7.52. The molecule has 1 fully saturated rings. The largest absolute Gasteiger partial charge is 0.492 e. The summed E-state index contributed by atoms with van der Waals surface area (Å²) in [6.45, 7) is 1.32. The molecule has 0 saturated carbocycles. The van der Waals surface area contributed by atoms with E-state index in [1.54, 1.807) is 11.1 Å². The van der Waals surface area contributed by atoms with Gasteiger partial charge in [0.1, 0.15) is 5.75 Å². The van der Waals surface area contributed by atoms with Gasteiger partial charge in [0.15, 0.2) is 5.01 Å². The van der Waals surface area contributed by atoms with Gasteiger partial charge in [0.2, 0.25) is 0 Å². The standard InChI is InChI=1S/C21H20N4O4S/c26-20(25-6-1-2-13(11-25)21(27)28)19-24-18-15-4-3-12(14-9-22-23-10-14)8-16(15)29-7-5-17(18)30-19/h3-4,8-10,13H,1-2,5-7,11H2,(H,22,23)(H,27,28). The SMILES string of the molecule is O=C(O)C1CCCN(C(=O)c2nc3c(s2)CCOc2cc(-c4cn[nH]c4)ccc2-3)C1. The highest BCUT2D eigenvalue weighted by Crippen LogP contribution is 2.40. The molecule has 2 aliphatic rings. The second-order valence-corrected chi connectivity index (χ2v) is 8.60. The van der Waals surface area contributed by atoms with Crippen LogP contribution in [0.3, 0.4) is 0 Å². The van der Waals surface area contributed by atoms with Crippen LogP contribution in [0.5, 0.6) is 5.75 Å².